The molecule has 0 spiro atoms. The average molecular weight is 992 g/mol. The molecule has 364 valence electrons. The van der Waals surface area contributed by atoms with Crippen molar-refractivity contribution in [1.82, 2.24) is 34.3 Å². The fraction of sp³-hybridized carbons (Fsp3) is 0.306. The standard InChI is InChI=1S/C49H51F2N11O6S2/c1-6-40(63)60-13-10-27(23-60)33-17-29(45-49(54)56-25-57-62(33)45)39-19-31-43(51)35(21-37(67-5)47(31)70-39)68-15-14-59(2)11-7-8-41(64)61-12-9-26(22-61)32-16-28(44(58-32)48(53)55-24-52)38-18-30-42(50)34(65-3)20-36(66-4)46(30)69-38/h6-8,16-21,24-27,58H,1,9-15,22-23H2,2-5H3,(H3,52,53,55)(H2,54,56,57)/b8-7+/t26-,27+/m1/s1. The third-order valence-electron chi connectivity index (χ3n) is 12.9. The molecule has 2 atom stereocenters. The number of thiophene rings is 2. The van der Waals surface area contributed by atoms with Crippen molar-refractivity contribution in [2.24, 2.45) is 10.7 Å². The number of fused-ring (bicyclic) bond motifs is 3. The smallest absolute Gasteiger partial charge is 0.246 e. The second-order valence-corrected chi connectivity index (χ2v) is 19.1. The molecular formula is C49H51F2N11O6S2. The molecule has 0 unspecified atom stereocenters. The summed E-state index contributed by atoms with van der Waals surface area (Å²) in [6.45, 7) is 6.75. The minimum absolute atomic E-state index is 0.00109. The number of anilines is 1. The van der Waals surface area contributed by atoms with Crippen molar-refractivity contribution in [3.8, 4) is 43.9 Å². The van der Waals surface area contributed by atoms with E-state index >= 15 is 8.78 Å². The van der Waals surface area contributed by atoms with Gasteiger partial charge in [-0.2, -0.15) is 5.10 Å². The molecule has 0 aliphatic carbocycles. The molecule has 7 aromatic rings. The zero-order valence-electron chi connectivity index (χ0n) is 38.9. The first-order valence-electron chi connectivity index (χ1n) is 22.4. The maximum Gasteiger partial charge on any atom is 0.246 e. The second-order valence-electron chi connectivity index (χ2n) is 17.0. The number of benzene rings is 2. The first-order valence-corrected chi connectivity index (χ1v) is 24.0. The molecule has 21 heteroatoms. The van der Waals surface area contributed by atoms with Gasteiger partial charge in [0.05, 0.1) is 36.4 Å². The molecule has 6 N–H and O–H groups in total. The molecule has 2 fully saturated rings. The van der Waals surface area contributed by atoms with Crippen LogP contribution < -0.4 is 30.4 Å². The second kappa shape index (κ2) is 19.9. The molecule has 0 bridgehead atoms. The van der Waals surface area contributed by atoms with E-state index < -0.39 is 11.6 Å². The molecule has 2 aromatic carbocycles. The van der Waals surface area contributed by atoms with Crippen LogP contribution in [0.4, 0.5) is 14.6 Å². The van der Waals surface area contributed by atoms with Crippen LogP contribution in [0.3, 0.4) is 0 Å². The highest BCUT2D eigenvalue weighted by Crippen LogP contribution is 2.47. The number of carbonyl (C=O) groups is 2. The van der Waals surface area contributed by atoms with Crippen LogP contribution in [0.1, 0.15) is 41.8 Å². The molecule has 0 saturated carbocycles. The highest BCUT2D eigenvalue weighted by Gasteiger charge is 2.32. The molecule has 17 nitrogen and oxygen atoms in total. The number of nitrogens with two attached hydrogens (primary N) is 2. The minimum atomic E-state index is -0.523. The van der Waals surface area contributed by atoms with E-state index in [0.717, 1.165) is 34.6 Å². The van der Waals surface area contributed by atoms with E-state index in [9.17, 15) is 9.59 Å². The quantitative estimate of drug-likeness (QED) is 0.0401. The Bertz CT molecular complexity index is 3250. The molecule has 7 heterocycles. The van der Waals surface area contributed by atoms with Crippen molar-refractivity contribution in [1.29, 1.82) is 5.41 Å². The van der Waals surface area contributed by atoms with Crippen LogP contribution in [-0.2, 0) is 9.59 Å². The molecule has 2 saturated heterocycles. The van der Waals surface area contributed by atoms with Gasteiger partial charge in [-0.05, 0) is 50.2 Å². The first-order chi connectivity index (χ1) is 33.8. The third-order valence-corrected chi connectivity index (χ3v) is 15.2. The number of aliphatic imine (C=N–C) groups is 1. The summed E-state index contributed by atoms with van der Waals surface area (Å²) in [7, 11) is 6.32. The molecule has 9 rings (SSSR count). The largest absolute Gasteiger partial charge is 0.495 e. The van der Waals surface area contributed by atoms with Gasteiger partial charge in [0.15, 0.2) is 29.0 Å². The lowest BCUT2D eigenvalue weighted by molar-refractivity contribution is -0.125. The van der Waals surface area contributed by atoms with Crippen LogP contribution in [0.15, 0.2) is 72.5 Å². The van der Waals surface area contributed by atoms with Gasteiger partial charge in [0.2, 0.25) is 11.8 Å². The summed E-state index contributed by atoms with van der Waals surface area (Å²) < 4.78 is 57.2. The Morgan fingerprint density at radius 3 is 2.21 bits per heavy atom. The minimum Gasteiger partial charge on any atom is -0.495 e. The lowest BCUT2D eigenvalue weighted by atomic mass is 10.0. The van der Waals surface area contributed by atoms with Gasteiger partial charge in [0, 0.05) is 112 Å². The predicted molar refractivity (Wildman–Crippen MR) is 269 cm³/mol. The Kier molecular flexibility index (Phi) is 13.6. The van der Waals surface area contributed by atoms with Crippen molar-refractivity contribution in [2.45, 2.75) is 24.7 Å². The normalized spacial score (nSPS) is 16.4. The van der Waals surface area contributed by atoms with Crippen LogP contribution in [-0.4, -0.2) is 133 Å². The van der Waals surface area contributed by atoms with Crippen molar-refractivity contribution < 1.29 is 37.3 Å². The van der Waals surface area contributed by atoms with Crippen molar-refractivity contribution in [3.63, 3.8) is 0 Å². The number of halogens is 2. The number of aromatic nitrogens is 4. The highest BCUT2D eigenvalue weighted by atomic mass is 32.1. The SMILES string of the molecule is C=CC(=O)N1CC[C@H](c2cc(-c3cc4c(F)c(OCCN(C)C/C=C/C(=O)N5CC[C@@H](c6cc(-c7cc8c(F)c(OC)cc(OC)c8s7)c(C(N)=NC=N)[nH]6)C5)cc(OC)c4s3)c3c(N)ncnn23)C1. The monoisotopic (exact) mass is 991 g/mol. The average Bonchev–Trinajstić information content (AvgIpc) is 4.22. The lowest BCUT2D eigenvalue weighted by Crippen LogP contribution is -2.28. The molecular weight excluding hydrogens is 941 g/mol. The van der Waals surface area contributed by atoms with Gasteiger partial charge in [0.25, 0.3) is 0 Å². The zero-order chi connectivity index (χ0) is 49.4. The van der Waals surface area contributed by atoms with Gasteiger partial charge < -0.3 is 45.2 Å². The number of amidine groups is 1. The summed E-state index contributed by atoms with van der Waals surface area (Å²) in [5.74, 6) is 0.0869. The van der Waals surface area contributed by atoms with Crippen LogP contribution >= 0.6 is 22.7 Å². The Hall–Kier alpha value is -7.36. The summed E-state index contributed by atoms with van der Waals surface area (Å²) in [6.07, 6.45) is 8.36. The summed E-state index contributed by atoms with van der Waals surface area (Å²) >= 11 is 2.70. The van der Waals surface area contributed by atoms with Gasteiger partial charge in [0.1, 0.15) is 42.1 Å². The molecule has 2 aliphatic heterocycles. The number of likely N-dealkylation sites (tertiary alicyclic amines) is 2. The van der Waals surface area contributed by atoms with Gasteiger partial charge >= 0.3 is 0 Å². The van der Waals surface area contributed by atoms with Gasteiger partial charge in [-0.25, -0.2) is 23.3 Å². The van der Waals surface area contributed by atoms with E-state index in [2.05, 4.69) is 26.6 Å². The number of rotatable bonds is 17. The molecule has 2 amide bonds. The van der Waals surface area contributed by atoms with Crippen molar-refractivity contribution >= 4 is 78.2 Å². The fourth-order valence-corrected chi connectivity index (χ4v) is 11.6. The molecule has 0 radical (unpaired) electrons. The molecule has 70 heavy (non-hydrogen) atoms. The maximum absolute atomic E-state index is 16.3. The molecule has 2 aliphatic rings. The Balaban J connectivity index is 0.835. The number of H-pyrrole nitrogens is 1. The van der Waals surface area contributed by atoms with E-state index in [1.807, 2.05) is 24.1 Å². The van der Waals surface area contributed by atoms with Crippen LogP contribution in [0.5, 0.6) is 23.0 Å². The number of nitrogen functional groups attached to an aromatic ring is 1. The van der Waals surface area contributed by atoms with E-state index in [1.54, 1.807) is 44.7 Å². The van der Waals surface area contributed by atoms with Gasteiger partial charge in [-0.3, -0.25) is 19.9 Å². The van der Waals surface area contributed by atoms with Crippen LogP contribution in [0.25, 0.3) is 46.6 Å². The number of likely N-dealkylation sites (N-methyl/N-ethyl adjacent to an activating group) is 1. The molecule has 5 aromatic heterocycles. The summed E-state index contributed by atoms with van der Waals surface area (Å²) in [6, 6.07) is 10.5. The number of aromatic amines is 1. The number of carbonyl (C=O) groups excluding carboxylic acids is 2. The number of nitrogens with one attached hydrogen (secondary N) is 2. The van der Waals surface area contributed by atoms with E-state index in [4.69, 9.17) is 35.8 Å². The summed E-state index contributed by atoms with van der Waals surface area (Å²) in [5.41, 5.74) is 17.0. The Morgan fingerprint density at radius 2 is 1.54 bits per heavy atom. The Labute approximate surface area is 409 Å². The number of hydrogen-bond acceptors (Lipinski definition) is 13. The van der Waals surface area contributed by atoms with Crippen LogP contribution in [0, 0.1) is 17.0 Å². The predicted octanol–water partition coefficient (Wildman–Crippen LogP) is 7.40. The fourth-order valence-electron chi connectivity index (χ4n) is 9.24. The number of ether oxygens (including phenoxy) is 4. The van der Waals surface area contributed by atoms with E-state index in [1.165, 1.54) is 62.5 Å². The number of methoxy groups -OCH3 is 3. The number of nitrogens with zero attached hydrogens (tertiary/aromatic N) is 7. The lowest BCUT2D eigenvalue weighted by Gasteiger charge is -2.17. The van der Waals surface area contributed by atoms with E-state index in [-0.39, 0.29) is 53.4 Å². The third kappa shape index (κ3) is 8.90. The van der Waals surface area contributed by atoms with E-state index in [0.29, 0.717) is 99.0 Å². The highest BCUT2D eigenvalue weighted by molar-refractivity contribution is 7.23. The first kappa shape index (κ1) is 47.7. The Morgan fingerprint density at radius 1 is 0.914 bits per heavy atom. The topological polar surface area (TPSA) is 215 Å². The van der Waals surface area contributed by atoms with Crippen molar-refractivity contribution in [2.75, 3.05) is 80.0 Å². The van der Waals surface area contributed by atoms with Gasteiger partial charge in [-0.1, -0.05) is 12.7 Å². The number of hydrogen-bond donors (Lipinski definition) is 4. The zero-order valence-corrected chi connectivity index (χ0v) is 40.5. The summed E-state index contributed by atoms with van der Waals surface area (Å²) in [4.78, 5) is 44.4. The van der Waals surface area contributed by atoms with Crippen LogP contribution in [0.2, 0.25) is 0 Å². The summed E-state index contributed by atoms with van der Waals surface area (Å²) in [5, 5.41) is 12.7. The van der Waals surface area contributed by atoms with Gasteiger partial charge in [-0.15, -0.1) is 22.7 Å². The maximum atomic E-state index is 16.3. The number of amides is 2. The van der Waals surface area contributed by atoms with Crippen molar-refractivity contribution in [3.05, 3.63) is 96.2 Å².